The predicted molar refractivity (Wildman–Crippen MR) is 97.8 cm³/mol. The van der Waals surface area contributed by atoms with Crippen LogP contribution in [0.15, 0.2) is 40.1 Å². The number of hydrogen-bond acceptors (Lipinski definition) is 6. The first-order valence-electron chi connectivity index (χ1n) is 7.79. The van der Waals surface area contributed by atoms with Crippen molar-refractivity contribution in [3.05, 3.63) is 56.9 Å². The van der Waals surface area contributed by atoms with Gasteiger partial charge in [-0.25, -0.2) is 23.0 Å². The van der Waals surface area contributed by atoms with E-state index in [-0.39, 0.29) is 27.1 Å². The standard InChI is InChI=1S/C16H13F3N4O5S/c1-28-13-4-3-8(7-20-13)9-5-10-12(6-11(9)16(17,18)19)21-15(25)23(14(10)24)22-29(2,26)27/h3-7,22H,1-2H3,(H,21,25). The van der Waals surface area contributed by atoms with Gasteiger partial charge in [0.1, 0.15) is 0 Å². The van der Waals surface area contributed by atoms with Crippen LogP contribution in [0.5, 0.6) is 5.88 Å². The Hall–Kier alpha value is -3.35. The molecule has 0 amide bonds. The van der Waals surface area contributed by atoms with Gasteiger partial charge in [-0.3, -0.25) is 4.79 Å². The molecule has 0 aliphatic carbocycles. The third-order valence-electron chi connectivity index (χ3n) is 3.85. The number of nitrogens with one attached hydrogen (secondary N) is 2. The van der Waals surface area contributed by atoms with Crippen molar-refractivity contribution in [3.8, 4) is 17.0 Å². The van der Waals surface area contributed by atoms with E-state index in [0.29, 0.717) is 12.3 Å². The minimum Gasteiger partial charge on any atom is -0.481 e. The highest BCUT2D eigenvalue weighted by atomic mass is 32.2. The first kappa shape index (κ1) is 20.4. The number of fused-ring (bicyclic) bond motifs is 1. The number of H-pyrrole nitrogens is 1. The molecule has 0 spiro atoms. The predicted octanol–water partition coefficient (Wildman–Crippen LogP) is 1.28. The zero-order chi connectivity index (χ0) is 21.6. The van der Waals surface area contributed by atoms with E-state index in [0.717, 1.165) is 12.3 Å². The number of sulfonamides is 1. The van der Waals surface area contributed by atoms with Crippen LogP contribution in [-0.4, -0.2) is 36.4 Å². The van der Waals surface area contributed by atoms with Gasteiger partial charge in [0.05, 0.1) is 29.8 Å². The Morgan fingerprint density at radius 3 is 2.41 bits per heavy atom. The lowest BCUT2D eigenvalue weighted by Crippen LogP contribution is -2.43. The number of alkyl halides is 3. The molecule has 3 aromatic rings. The molecule has 154 valence electrons. The van der Waals surface area contributed by atoms with Gasteiger partial charge in [-0.2, -0.15) is 17.8 Å². The number of benzene rings is 1. The smallest absolute Gasteiger partial charge is 0.417 e. The number of aromatic amines is 1. The second kappa shape index (κ2) is 6.92. The van der Waals surface area contributed by atoms with E-state index in [2.05, 4.69) is 9.97 Å². The van der Waals surface area contributed by atoms with Crippen molar-refractivity contribution in [1.29, 1.82) is 0 Å². The summed E-state index contributed by atoms with van der Waals surface area (Å²) < 4.78 is 68.6. The summed E-state index contributed by atoms with van der Waals surface area (Å²) in [4.78, 5) is 32.2. The summed E-state index contributed by atoms with van der Waals surface area (Å²) >= 11 is 0. The molecule has 2 heterocycles. The average molecular weight is 430 g/mol. The maximum absolute atomic E-state index is 13.6. The van der Waals surface area contributed by atoms with Gasteiger partial charge in [0, 0.05) is 17.8 Å². The maximum Gasteiger partial charge on any atom is 0.417 e. The van der Waals surface area contributed by atoms with E-state index in [9.17, 15) is 31.2 Å². The monoisotopic (exact) mass is 430 g/mol. The molecule has 0 saturated heterocycles. The summed E-state index contributed by atoms with van der Waals surface area (Å²) in [7, 11) is -2.66. The van der Waals surface area contributed by atoms with Gasteiger partial charge in [0.15, 0.2) is 0 Å². The lowest BCUT2D eigenvalue weighted by molar-refractivity contribution is -0.137. The van der Waals surface area contributed by atoms with E-state index in [1.807, 2.05) is 0 Å². The Bertz CT molecular complexity index is 1310. The Kier molecular flexibility index (Phi) is 4.86. The summed E-state index contributed by atoms with van der Waals surface area (Å²) in [6.45, 7) is 0. The van der Waals surface area contributed by atoms with E-state index >= 15 is 0 Å². The van der Waals surface area contributed by atoms with Gasteiger partial charge in [0.2, 0.25) is 15.9 Å². The molecule has 2 N–H and O–H groups in total. The van der Waals surface area contributed by atoms with Crippen LogP contribution in [0.4, 0.5) is 13.2 Å². The van der Waals surface area contributed by atoms with Crippen molar-refractivity contribution < 1.29 is 26.3 Å². The molecule has 13 heteroatoms. The highest BCUT2D eigenvalue weighted by Crippen LogP contribution is 2.38. The number of rotatable bonds is 4. The molecule has 0 aliphatic heterocycles. The topological polar surface area (TPSA) is 123 Å². The molecule has 1 aromatic carbocycles. The summed E-state index contributed by atoms with van der Waals surface area (Å²) in [6.07, 6.45) is -2.96. The van der Waals surface area contributed by atoms with Crippen LogP contribution in [0.2, 0.25) is 0 Å². The zero-order valence-electron chi connectivity index (χ0n) is 14.9. The Morgan fingerprint density at radius 1 is 1.21 bits per heavy atom. The molecule has 3 rings (SSSR count). The molecule has 0 fully saturated rings. The Labute approximate surface area is 160 Å². The number of methoxy groups -OCH3 is 1. The molecule has 29 heavy (non-hydrogen) atoms. The fourth-order valence-corrected chi connectivity index (χ4v) is 3.14. The van der Waals surface area contributed by atoms with Gasteiger partial charge in [-0.15, -0.1) is 0 Å². The number of pyridine rings is 1. The highest BCUT2D eigenvalue weighted by molar-refractivity contribution is 7.91. The van der Waals surface area contributed by atoms with Crippen LogP contribution in [0.3, 0.4) is 0 Å². The zero-order valence-corrected chi connectivity index (χ0v) is 15.7. The first-order chi connectivity index (χ1) is 13.4. The maximum atomic E-state index is 13.6. The molecular weight excluding hydrogens is 417 g/mol. The van der Waals surface area contributed by atoms with Gasteiger partial charge < -0.3 is 9.72 Å². The summed E-state index contributed by atoms with van der Waals surface area (Å²) in [5.74, 6) is 0.173. The summed E-state index contributed by atoms with van der Waals surface area (Å²) in [6, 6.07) is 4.19. The molecule has 0 radical (unpaired) electrons. The summed E-state index contributed by atoms with van der Waals surface area (Å²) in [5, 5.41) is -0.334. The van der Waals surface area contributed by atoms with Crippen LogP contribution in [0.1, 0.15) is 5.56 Å². The van der Waals surface area contributed by atoms with Gasteiger partial charge in [0.25, 0.3) is 5.56 Å². The molecule has 0 atom stereocenters. The van der Waals surface area contributed by atoms with Crippen molar-refractivity contribution in [2.75, 3.05) is 18.2 Å². The quantitative estimate of drug-likeness (QED) is 0.643. The number of aromatic nitrogens is 3. The van der Waals surface area contributed by atoms with Crippen molar-refractivity contribution in [1.82, 2.24) is 14.6 Å². The second-order valence-corrected chi connectivity index (χ2v) is 7.69. The molecule has 0 unspecified atom stereocenters. The van der Waals surface area contributed by atoms with E-state index in [4.69, 9.17) is 4.74 Å². The first-order valence-corrected chi connectivity index (χ1v) is 9.68. The van der Waals surface area contributed by atoms with Gasteiger partial charge in [-0.1, -0.05) is 0 Å². The fraction of sp³-hybridized carbons (Fsp3) is 0.188. The minimum absolute atomic E-state index is 0.0354. The van der Waals surface area contributed by atoms with Crippen molar-refractivity contribution >= 4 is 20.9 Å². The van der Waals surface area contributed by atoms with Gasteiger partial charge >= 0.3 is 11.9 Å². The summed E-state index contributed by atoms with van der Waals surface area (Å²) in [5.41, 5.74) is -4.22. The van der Waals surface area contributed by atoms with Gasteiger partial charge in [-0.05, 0) is 23.8 Å². The van der Waals surface area contributed by atoms with Crippen LogP contribution in [0, 0.1) is 0 Å². The van der Waals surface area contributed by atoms with Crippen LogP contribution in [0.25, 0.3) is 22.0 Å². The SMILES string of the molecule is COc1ccc(-c2cc3c(=O)n(NS(C)(=O)=O)c(=O)[nH]c3cc2C(F)(F)F)cn1. The lowest BCUT2D eigenvalue weighted by atomic mass is 9.98. The minimum atomic E-state index is -4.81. The lowest BCUT2D eigenvalue weighted by Gasteiger charge is -2.15. The van der Waals surface area contributed by atoms with Crippen molar-refractivity contribution in [2.45, 2.75) is 6.18 Å². The second-order valence-electron chi connectivity index (χ2n) is 5.96. The fourth-order valence-electron chi connectivity index (χ4n) is 2.65. The number of nitrogens with zero attached hydrogens (tertiary/aromatic N) is 2. The molecule has 0 bridgehead atoms. The Balaban J connectivity index is 2.36. The van der Waals surface area contributed by atoms with Crippen molar-refractivity contribution in [2.24, 2.45) is 0 Å². The molecule has 2 aromatic heterocycles. The largest absolute Gasteiger partial charge is 0.481 e. The molecule has 0 saturated carbocycles. The van der Waals surface area contributed by atoms with Crippen LogP contribution < -0.4 is 20.8 Å². The normalized spacial score (nSPS) is 12.2. The number of halogens is 3. The molecular formula is C16H13F3N4O5S. The van der Waals surface area contributed by atoms with E-state index in [1.165, 1.54) is 19.2 Å². The number of ether oxygens (including phenoxy) is 1. The molecule has 0 aliphatic rings. The Morgan fingerprint density at radius 2 is 1.90 bits per heavy atom. The van der Waals surface area contributed by atoms with Crippen LogP contribution in [-0.2, 0) is 16.2 Å². The third kappa shape index (κ3) is 4.08. The number of hydrogen-bond donors (Lipinski definition) is 2. The third-order valence-corrected chi connectivity index (χ3v) is 4.37. The average Bonchev–Trinajstić information content (AvgIpc) is 2.63. The van der Waals surface area contributed by atoms with Crippen LogP contribution >= 0.6 is 0 Å². The highest BCUT2D eigenvalue weighted by Gasteiger charge is 2.34. The molecule has 9 nitrogen and oxygen atoms in total. The van der Waals surface area contributed by atoms with E-state index < -0.39 is 38.5 Å². The van der Waals surface area contributed by atoms with Crippen molar-refractivity contribution in [3.63, 3.8) is 0 Å². The van der Waals surface area contributed by atoms with E-state index in [1.54, 1.807) is 4.83 Å².